The summed E-state index contributed by atoms with van der Waals surface area (Å²) in [5.41, 5.74) is 12.9. The van der Waals surface area contributed by atoms with E-state index in [-0.39, 0.29) is 11.3 Å². The number of para-hydroxylation sites is 2. The molecule has 3 aliphatic carbocycles. The standard InChI is InChI=1S/C43H28BrNO/c44-27-23-25-28(26-24-27)45(39-21-9-15-32-31-13-4-8-22-40(31)46-42(32)39)38-20-10-19-37-41(38)33-14-3-7-18-36(33)43(37)34-16-5-1-11-29(34)30-12-2-6-17-35(30)43/h1-26,29,34H. The van der Waals surface area contributed by atoms with Crippen LogP contribution in [0.1, 0.15) is 28.2 Å². The van der Waals surface area contributed by atoms with Gasteiger partial charge < -0.3 is 9.32 Å². The lowest BCUT2D eigenvalue weighted by Crippen LogP contribution is -2.33. The van der Waals surface area contributed by atoms with E-state index >= 15 is 0 Å². The first-order valence-electron chi connectivity index (χ1n) is 15.9. The fourth-order valence-corrected chi connectivity index (χ4v) is 8.99. The summed E-state index contributed by atoms with van der Waals surface area (Å²) in [5.74, 6) is 0.614. The van der Waals surface area contributed by atoms with Gasteiger partial charge in [0.1, 0.15) is 5.58 Å². The zero-order chi connectivity index (χ0) is 30.4. The Morgan fingerprint density at radius 1 is 0.587 bits per heavy atom. The smallest absolute Gasteiger partial charge is 0.159 e. The Labute approximate surface area is 276 Å². The number of hydrogen-bond acceptors (Lipinski definition) is 2. The fourth-order valence-electron chi connectivity index (χ4n) is 8.73. The summed E-state index contributed by atoms with van der Waals surface area (Å²) in [7, 11) is 0. The van der Waals surface area contributed by atoms with Gasteiger partial charge in [-0.15, -0.1) is 0 Å². The molecule has 46 heavy (non-hydrogen) atoms. The average Bonchev–Trinajstić information content (AvgIpc) is 3.74. The Balaban J connectivity index is 1.31. The second-order valence-corrected chi connectivity index (χ2v) is 13.4. The van der Waals surface area contributed by atoms with Crippen molar-refractivity contribution < 1.29 is 4.42 Å². The van der Waals surface area contributed by atoms with Crippen LogP contribution in [0.25, 0.3) is 33.1 Å². The van der Waals surface area contributed by atoms with Crippen molar-refractivity contribution in [1.82, 2.24) is 0 Å². The number of halogens is 1. The van der Waals surface area contributed by atoms with E-state index in [1.165, 1.54) is 33.4 Å². The summed E-state index contributed by atoms with van der Waals surface area (Å²) in [6.07, 6.45) is 9.32. The van der Waals surface area contributed by atoms with Crippen molar-refractivity contribution in [2.75, 3.05) is 4.90 Å². The molecule has 0 fully saturated rings. The second kappa shape index (κ2) is 9.69. The largest absolute Gasteiger partial charge is 0.454 e. The van der Waals surface area contributed by atoms with E-state index in [0.717, 1.165) is 43.5 Å². The second-order valence-electron chi connectivity index (χ2n) is 12.5. The lowest BCUT2D eigenvalue weighted by molar-refractivity contribution is 0.465. The van der Waals surface area contributed by atoms with E-state index in [1.807, 2.05) is 6.07 Å². The van der Waals surface area contributed by atoms with Gasteiger partial charge in [0.15, 0.2) is 5.58 Å². The maximum absolute atomic E-state index is 6.66. The molecular weight excluding hydrogens is 626 g/mol. The van der Waals surface area contributed by atoms with Crippen LogP contribution in [0.5, 0.6) is 0 Å². The van der Waals surface area contributed by atoms with Crippen molar-refractivity contribution in [3.05, 3.63) is 184 Å². The first-order chi connectivity index (χ1) is 22.7. The fraction of sp³-hybridized carbons (Fsp3) is 0.0698. The van der Waals surface area contributed by atoms with Crippen molar-refractivity contribution in [1.29, 1.82) is 0 Å². The Kier molecular flexibility index (Phi) is 5.50. The summed E-state index contributed by atoms with van der Waals surface area (Å²) in [5, 5.41) is 2.25. The summed E-state index contributed by atoms with van der Waals surface area (Å²) in [6.45, 7) is 0. The number of fused-ring (bicyclic) bond motifs is 13. The van der Waals surface area contributed by atoms with Gasteiger partial charge in [-0.1, -0.05) is 131 Å². The Morgan fingerprint density at radius 2 is 1.28 bits per heavy atom. The number of hydrogen-bond donors (Lipinski definition) is 0. The molecule has 1 aromatic heterocycles. The summed E-state index contributed by atoms with van der Waals surface area (Å²) in [6, 6.07) is 48.6. The van der Waals surface area contributed by atoms with Crippen LogP contribution >= 0.6 is 15.9 Å². The molecule has 0 saturated carbocycles. The molecule has 0 N–H and O–H groups in total. The van der Waals surface area contributed by atoms with Crippen molar-refractivity contribution >= 4 is 54.9 Å². The molecule has 0 amide bonds. The topological polar surface area (TPSA) is 16.4 Å². The van der Waals surface area contributed by atoms with E-state index in [1.54, 1.807) is 0 Å². The van der Waals surface area contributed by atoms with Gasteiger partial charge in [0.05, 0.1) is 16.8 Å². The molecule has 1 spiro atoms. The molecule has 3 heteroatoms. The molecule has 3 aliphatic rings. The number of furan rings is 1. The van der Waals surface area contributed by atoms with E-state index < -0.39 is 0 Å². The molecule has 0 radical (unpaired) electrons. The molecule has 6 aromatic carbocycles. The highest BCUT2D eigenvalue weighted by molar-refractivity contribution is 9.10. The molecule has 0 saturated heterocycles. The predicted octanol–water partition coefficient (Wildman–Crippen LogP) is 12.0. The highest BCUT2D eigenvalue weighted by Crippen LogP contribution is 2.66. The Hall–Kier alpha value is -5.12. The van der Waals surface area contributed by atoms with Crippen LogP contribution in [0.15, 0.2) is 167 Å². The van der Waals surface area contributed by atoms with Gasteiger partial charge in [0.2, 0.25) is 0 Å². The number of rotatable bonds is 3. The minimum absolute atomic E-state index is 0.285. The van der Waals surface area contributed by atoms with E-state index in [4.69, 9.17) is 4.42 Å². The van der Waals surface area contributed by atoms with Crippen molar-refractivity contribution in [3.63, 3.8) is 0 Å². The van der Waals surface area contributed by atoms with E-state index in [0.29, 0.717) is 5.92 Å². The van der Waals surface area contributed by atoms with Crippen molar-refractivity contribution in [2.45, 2.75) is 11.3 Å². The highest BCUT2D eigenvalue weighted by Gasteiger charge is 2.57. The van der Waals surface area contributed by atoms with Gasteiger partial charge in [-0.2, -0.15) is 0 Å². The molecule has 2 nitrogen and oxygen atoms in total. The minimum Gasteiger partial charge on any atom is -0.454 e. The van der Waals surface area contributed by atoms with Gasteiger partial charge in [-0.05, 0) is 70.3 Å². The first kappa shape index (κ1) is 26.1. The molecule has 10 rings (SSSR count). The van der Waals surface area contributed by atoms with Crippen molar-refractivity contribution in [2.24, 2.45) is 5.92 Å². The lowest BCUT2D eigenvalue weighted by atomic mass is 9.65. The molecule has 1 heterocycles. The Morgan fingerprint density at radius 3 is 2.20 bits per heavy atom. The van der Waals surface area contributed by atoms with Crippen LogP contribution in [-0.2, 0) is 5.41 Å². The van der Waals surface area contributed by atoms with Crippen LogP contribution < -0.4 is 4.90 Å². The van der Waals surface area contributed by atoms with E-state index in [9.17, 15) is 0 Å². The summed E-state index contributed by atoms with van der Waals surface area (Å²) in [4.78, 5) is 2.40. The normalized spacial score (nSPS) is 20.2. The third-order valence-corrected chi connectivity index (χ3v) is 10.9. The van der Waals surface area contributed by atoms with Gasteiger partial charge in [0.25, 0.3) is 0 Å². The number of allylic oxidation sites excluding steroid dienone is 4. The molecule has 0 bridgehead atoms. The third kappa shape index (κ3) is 3.36. The maximum atomic E-state index is 6.66. The summed E-state index contributed by atoms with van der Waals surface area (Å²) >= 11 is 3.68. The highest BCUT2D eigenvalue weighted by atomic mass is 79.9. The monoisotopic (exact) mass is 653 g/mol. The van der Waals surface area contributed by atoms with Gasteiger partial charge in [-0.25, -0.2) is 0 Å². The molecule has 7 aromatic rings. The third-order valence-electron chi connectivity index (χ3n) is 10.4. The van der Waals surface area contributed by atoms with Crippen LogP contribution in [0.3, 0.4) is 0 Å². The Bertz CT molecular complexity index is 2410. The number of nitrogens with zero attached hydrogens (tertiary/aromatic N) is 1. The van der Waals surface area contributed by atoms with Crippen LogP contribution in [-0.4, -0.2) is 0 Å². The average molecular weight is 655 g/mol. The van der Waals surface area contributed by atoms with Gasteiger partial charge >= 0.3 is 0 Å². The van der Waals surface area contributed by atoms with Crippen LogP contribution in [0, 0.1) is 5.92 Å². The van der Waals surface area contributed by atoms with Crippen LogP contribution in [0.2, 0.25) is 0 Å². The number of anilines is 3. The van der Waals surface area contributed by atoms with Crippen LogP contribution in [0.4, 0.5) is 17.1 Å². The minimum atomic E-state index is -0.290. The SMILES string of the molecule is Brc1ccc(N(c2cccc3c2-c2ccccc2C32c3ccccc3C3C=CC=CC32)c2cccc3c2oc2ccccc23)cc1. The number of benzene rings is 6. The molecule has 3 unspecified atom stereocenters. The first-order valence-corrected chi connectivity index (χ1v) is 16.7. The quantitative estimate of drug-likeness (QED) is 0.189. The molecule has 3 atom stereocenters. The summed E-state index contributed by atoms with van der Waals surface area (Å²) < 4.78 is 7.71. The van der Waals surface area contributed by atoms with Crippen molar-refractivity contribution in [3.8, 4) is 11.1 Å². The zero-order valence-corrected chi connectivity index (χ0v) is 26.5. The molecule has 0 aliphatic heterocycles. The zero-order valence-electron chi connectivity index (χ0n) is 24.9. The molecule has 218 valence electrons. The maximum Gasteiger partial charge on any atom is 0.159 e. The molecular formula is C43H28BrNO. The lowest BCUT2D eigenvalue weighted by Gasteiger charge is -2.36. The van der Waals surface area contributed by atoms with Gasteiger partial charge in [-0.3, -0.25) is 0 Å². The van der Waals surface area contributed by atoms with E-state index in [2.05, 4.69) is 173 Å². The van der Waals surface area contributed by atoms with Gasteiger partial charge in [0, 0.05) is 38.3 Å². The predicted molar refractivity (Wildman–Crippen MR) is 192 cm³/mol.